The summed E-state index contributed by atoms with van der Waals surface area (Å²) in [4.78, 5) is 0. The molecule has 3 rings (SSSR count). The van der Waals surface area contributed by atoms with Gasteiger partial charge < -0.3 is 0 Å². The maximum atomic E-state index is 14.7. The first-order valence-corrected chi connectivity index (χ1v) is 9.98. The molecule has 0 amide bonds. The van der Waals surface area contributed by atoms with Gasteiger partial charge in [-0.2, -0.15) is 0 Å². The molecule has 0 atom stereocenters. The third-order valence-electron chi connectivity index (χ3n) is 5.54. The van der Waals surface area contributed by atoms with Crippen LogP contribution in [-0.2, 0) is 6.42 Å². The number of rotatable bonds is 3. The van der Waals surface area contributed by atoms with E-state index in [4.69, 9.17) is 0 Å². The molecule has 2 aromatic rings. The van der Waals surface area contributed by atoms with Crippen LogP contribution in [-0.4, -0.2) is 0 Å². The van der Waals surface area contributed by atoms with Gasteiger partial charge in [0, 0.05) is 5.56 Å². The SMILES string of the molecule is CC.CCc1c(C)ccc(-c2ccc(C3CCC(C)CC3)cc2)c1F. The fraction of sp³-hybridized carbons (Fsp3) is 0.500. The van der Waals surface area contributed by atoms with Crippen molar-refractivity contribution in [1.82, 2.24) is 0 Å². The second-order valence-electron chi connectivity index (χ2n) is 7.15. The Labute approximate surface area is 153 Å². The summed E-state index contributed by atoms with van der Waals surface area (Å²) in [5.74, 6) is 1.51. The van der Waals surface area contributed by atoms with Crippen molar-refractivity contribution < 1.29 is 4.39 Å². The monoisotopic (exact) mass is 340 g/mol. The molecule has 0 spiro atoms. The zero-order chi connectivity index (χ0) is 18.4. The largest absolute Gasteiger partial charge is 0.206 e. The molecule has 136 valence electrons. The van der Waals surface area contributed by atoms with E-state index in [2.05, 4.69) is 31.2 Å². The predicted molar refractivity (Wildman–Crippen MR) is 108 cm³/mol. The molecule has 1 aliphatic rings. The van der Waals surface area contributed by atoms with Crippen LogP contribution >= 0.6 is 0 Å². The van der Waals surface area contributed by atoms with Gasteiger partial charge in [0.05, 0.1) is 0 Å². The summed E-state index contributed by atoms with van der Waals surface area (Å²) >= 11 is 0. The highest BCUT2D eigenvalue weighted by atomic mass is 19.1. The lowest BCUT2D eigenvalue weighted by Crippen LogP contribution is -2.10. The molecular formula is C24H33F. The number of benzene rings is 2. The highest BCUT2D eigenvalue weighted by Gasteiger charge is 2.20. The first-order valence-electron chi connectivity index (χ1n) is 9.98. The number of halogens is 1. The van der Waals surface area contributed by atoms with Gasteiger partial charge in [-0.3, -0.25) is 0 Å². The molecule has 0 aromatic heterocycles. The third kappa shape index (κ3) is 4.51. The van der Waals surface area contributed by atoms with E-state index >= 15 is 0 Å². The Hall–Kier alpha value is -1.63. The van der Waals surface area contributed by atoms with E-state index in [1.165, 1.54) is 31.2 Å². The second-order valence-corrected chi connectivity index (χ2v) is 7.15. The zero-order valence-electron chi connectivity index (χ0n) is 16.5. The first-order chi connectivity index (χ1) is 12.1. The summed E-state index contributed by atoms with van der Waals surface area (Å²) in [7, 11) is 0. The van der Waals surface area contributed by atoms with Crippen LogP contribution in [0.25, 0.3) is 11.1 Å². The summed E-state index contributed by atoms with van der Waals surface area (Å²) in [6.45, 7) is 10.4. The van der Waals surface area contributed by atoms with E-state index in [1.807, 2.05) is 39.8 Å². The van der Waals surface area contributed by atoms with Crippen molar-refractivity contribution >= 4 is 0 Å². The van der Waals surface area contributed by atoms with Gasteiger partial charge in [-0.15, -0.1) is 0 Å². The van der Waals surface area contributed by atoms with Crippen LogP contribution in [0.3, 0.4) is 0 Å². The van der Waals surface area contributed by atoms with Crippen LogP contribution in [0, 0.1) is 18.7 Å². The van der Waals surface area contributed by atoms with Gasteiger partial charge >= 0.3 is 0 Å². The Morgan fingerprint density at radius 2 is 1.52 bits per heavy atom. The maximum absolute atomic E-state index is 14.7. The van der Waals surface area contributed by atoms with Crippen LogP contribution in [0.1, 0.15) is 76.0 Å². The highest BCUT2D eigenvalue weighted by Crippen LogP contribution is 2.36. The minimum Gasteiger partial charge on any atom is -0.206 e. The van der Waals surface area contributed by atoms with E-state index in [0.717, 1.165) is 34.6 Å². The molecule has 25 heavy (non-hydrogen) atoms. The standard InChI is InChI=1S/C22H27F.C2H6/c1-4-20-16(3)7-14-21(22(20)23)19-12-10-18(11-13-19)17-8-5-15(2)6-9-17;1-2/h7,10-15,17H,4-6,8-9H2,1-3H3;1-2H3. The molecule has 0 unspecified atom stereocenters. The fourth-order valence-corrected chi connectivity index (χ4v) is 3.90. The predicted octanol–water partition coefficient (Wildman–Crippen LogP) is 7.68. The molecular weight excluding hydrogens is 307 g/mol. The van der Waals surface area contributed by atoms with Crippen LogP contribution in [0.15, 0.2) is 36.4 Å². The Morgan fingerprint density at radius 1 is 0.920 bits per heavy atom. The third-order valence-corrected chi connectivity index (χ3v) is 5.54. The molecule has 0 heterocycles. The van der Waals surface area contributed by atoms with Crippen molar-refractivity contribution in [3.05, 3.63) is 58.9 Å². The number of aryl methyl sites for hydroxylation is 1. The van der Waals surface area contributed by atoms with Crippen molar-refractivity contribution in [2.24, 2.45) is 5.92 Å². The van der Waals surface area contributed by atoms with Crippen LogP contribution < -0.4 is 0 Å². The second kappa shape index (κ2) is 9.17. The van der Waals surface area contributed by atoms with E-state index in [0.29, 0.717) is 5.92 Å². The van der Waals surface area contributed by atoms with Crippen molar-refractivity contribution in [2.45, 2.75) is 72.6 Å². The minimum atomic E-state index is -0.0493. The van der Waals surface area contributed by atoms with E-state index < -0.39 is 0 Å². The summed E-state index contributed by atoms with van der Waals surface area (Å²) in [6, 6.07) is 12.6. The highest BCUT2D eigenvalue weighted by molar-refractivity contribution is 5.66. The lowest BCUT2D eigenvalue weighted by atomic mass is 9.79. The average molecular weight is 341 g/mol. The lowest BCUT2D eigenvalue weighted by Gasteiger charge is -2.26. The Kier molecular flexibility index (Phi) is 7.23. The van der Waals surface area contributed by atoms with Gasteiger partial charge in [-0.1, -0.05) is 76.9 Å². The maximum Gasteiger partial charge on any atom is 0.134 e. The van der Waals surface area contributed by atoms with Gasteiger partial charge in [0.2, 0.25) is 0 Å². The van der Waals surface area contributed by atoms with Crippen molar-refractivity contribution in [3.63, 3.8) is 0 Å². The molecule has 0 aliphatic heterocycles. The van der Waals surface area contributed by atoms with E-state index in [1.54, 1.807) is 0 Å². The molecule has 1 fully saturated rings. The average Bonchev–Trinajstić information content (AvgIpc) is 2.65. The van der Waals surface area contributed by atoms with Crippen molar-refractivity contribution in [2.75, 3.05) is 0 Å². The molecule has 0 saturated heterocycles. The molecule has 0 nitrogen and oxygen atoms in total. The van der Waals surface area contributed by atoms with Gasteiger partial charge in [-0.25, -0.2) is 4.39 Å². The summed E-state index contributed by atoms with van der Waals surface area (Å²) in [6.07, 6.45) is 5.99. The minimum absolute atomic E-state index is 0.0493. The van der Waals surface area contributed by atoms with Gasteiger partial charge in [0.1, 0.15) is 5.82 Å². The normalized spacial score (nSPS) is 19.9. The van der Waals surface area contributed by atoms with E-state index in [-0.39, 0.29) is 5.82 Å². The molecule has 1 heteroatoms. The molecule has 0 N–H and O–H groups in total. The van der Waals surface area contributed by atoms with Crippen molar-refractivity contribution in [1.29, 1.82) is 0 Å². The molecule has 1 aliphatic carbocycles. The topological polar surface area (TPSA) is 0 Å². The smallest absolute Gasteiger partial charge is 0.134 e. The molecule has 0 radical (unpaired) electrons. The fourth-order valence-electron chi connectivity index (χ4n) is 3.90. The molecule has 1 saturated carbocycles. The van der Waals surface area contributed by atoms with Crippen LogP contribution in [0.4, 0.5) is 4.39 Å². The van der Waals surface area contributed by atoms with Gasteiger partial charge in [0.25, 0.3) is 0 Å². The Morgan fingerprint density at radius 3 is 2.08 bits per heavy atom. The van der Waals surface area contributed by atoms with Gasteiger partial charge in [0.15, 0.2) is 0 Å². The summed E-state index contributed by atoms with van der Waals surface area (Å²) in [5.41, 5.74) is 5.03. The summed E-state index contributed by atoms with van der Waals surface area (Å²) in [5, 5.41) is 0. The Bertz CT molecular complexity index is 661. The summed E-state index contributed by atoms with van der Waals surface area (Å²) < 4.78 is 14.7. The Balaban J connectivity index is 0.00000109. The van der Waals surface area contributed by atoms with E-state index in [9.17, 15) is 4.39 Å². The number of hydrogen-bond donors (Lipinski definition) is 0. The quantitative estimate of drug-likeness (QED) is 0.537. The van der Waals surface area contributed by atoms with Crippen molar-refractivity contribution in [3.8, 4) is 11.1 Å². The van der Waals surface area contributed by atoms with Crippen LogP contribution in [0.5, 0.6) is 0 Å². The van der Waals surface area contributed by atoms with Gasteiger partial charge in [-0.05, 0) is 60.3 Å². The molecule has 0 bridgehead atoms. The number of hydrogen-bond acceptors (Lipinski definition) is 0. The lowest BCUT2D eigenvalue weighted by molar-refractivity contribution is 0.348. The zero-order valence-corrected chi connectivity index (χ0v) is 16.5. The first kappa shape index (κ1) is 19.7. The van der Waals surface area contributed by atoms with Crippen LogP contribution in [0.2, 0.25) is 0 Å². The molecule has 2 aromatic carbocycles.